The molecule has 2 rings (SSSR count). The first-order valence-electron chi connectivity index (χ1n) is 6.80. The van der Waals surface area contributed by atoms with Crippen LogP contribution in [0.3, 0.4) is 0 Å². The molecule has 1 fully saturated rings. The van der Waals surface area contributed by atoms with Gasteiger partial charge in [-0.25, -0.2) is 0 Å². The monoisotopic (exact) mass is 262 g/mol. The molecule has 1 aliphatic rings. The second-order valence-electron chi connectivity index (χ2n) is 5.51. The van der Waals surface area contributed by atoms with E-state index < -0.39 is 6.04 Å². The van der Waals surface area contributed by atoms with Gasteiger partial charge in [0.15, 0.2) is 0 Å². The van der Waals surface area contributed by atoms with Crippen LogP contribution in [0.25, 0.3) is 0 Å². The zero-order chi connectivity index (χ0) is 14.0. The molecule has 0 aliphatic carbocycles. The molecule has 2 unspecified atom stereocenters. The summed E-state index contributed by atoms with van der Waals surface area (Å²) >= 11 is 0. The number of nitrogens with zero attached hydrogens (tertiary/aromatic N) is 1. The maximum Gasteiger partial charge on any atom is 0.245 e. The molecule has 1 aromatic carbocycles. The van der Waals surface area contributed by atoms with E-state index in [4.69, 9.17) is 0 Å². The number of hydrogen-bond donors (Lipinski definition) is 2. The zero-order valence-corrected chi connectivity index (χ0v) is 11.8. The minimum atomic E-state index is -0.485. The van der Waals surface area contributed by atoms with Gasteiger partial charge >= 0.3 is 0 Å². The Balaban J connectivity index is 2.24. The van der Waals surface area contributed by atoms with Gasteiger partial charge in [0.05, 0.1) is 6.61 Å². The van der Waals surface area contributed by atoms with Gasteiger partial charge in [-0.3, -0.25) is 4.79 Å². The number of carbonyl (C=O) groups is 1. The molecule has 1 saturated heterocycles. The molecule has 0 saturated carbocycles. The average molecular weight is 262 g/mol. The van der Waals surface area contributed by atoms with Crippen molar-refractivity contribution in [3.8, 4) is 0 Å². The first-order chi connectivity index (χ1) is 9.02. The van der Waals surface area contributed by atoms with Crippen molar-refractivity contribution in [3.05, 3.63) is 29.8 Å². The summed E-state index contributed by atoms with van der Waals surface area (Å²) in [6.45, 7) is 6.84. The number of rotatable bonds is 3. The number of anilines is 1. The molecular weight excluding hydrogens is 240 g/mol. The molecule has 1 amide bonds. The van der Waals surface area contributed by atoms with Gasteiger partial charge < -0.3 is 15.3 Å². The topological polar surface area (TPSA) is 52.6 Å². The number of carbonyl (C=O) groups excluding carboxylic acids is 1. The predicted octanol–water partition coefficient (Wildman–Crippen LogP) is 1.50. The maximum absolute atomic E-state index is 11.9. The molecule has 0 aromatic heterocycles. The third-order valence-corrected chi connectivity index (χ3v) is 3.60. The van der Waals surface area contributed by atoms with E-state index in [2.05, 4.69) is 31.3 Å². The van der Waals surface area contributed by atoms with Crippen LogP contribution in [0, 0.1) is 0 Å². The highest BCUT2D eigenvalue weighted by atomic mass is 16.3. The molecule has 1 heterocycles. The first kappa shape index (κ1) is 13.9. The largest absolute Gasteiger partial charge is 0.394 e. The molecule has 0 radical (unpaired) electrons. The molecule has 2 atom stereocenters. The van der Waals surface area contributed by atoms with Gasteiger partial charge in [0.1, 0.15) is 6.04 Å². The summed E-state index contributed by atoms with van der Waals surface area (Å²) in [5.41, 5.74) is 2.27. The van der Waals surface area contributed by atoms with Crippen LogP contribution < -0.4 is 10.2 Å². The van der Waals surface area contributed by atoms with Crippen LogP contribution in [0.15, 0.2) is 24.3 Å². The number of amides is 1. The van der Waals surface area contributed by atoms with E-state index in [9.17, 15) is 9.90 Å². The fraction of sp³-hybridized carbons (Fsp3) is 0.533. The first-order valence-corrected chi connectivity index (χ1v) is 6.80. The second-order valence-corrected chi connectivity index (χ2v) is 5.51. The van der Waals surface area contributed by atoms with Crippen LogP contribution in [-0.2, 0) is 4.79 Å². The van der Waals surface area contributed by atoms with E-state index in [1.54, 1.807) is 0 Å². The number of piperazine rings is 1. The maximum atomic E-state index is 11.9. The van der Waals surface area contributed by atoms with Crippen LogP contribution in [0.1, 0.15) is 32.3 Å². The lowest BCUT2D eigenvalue weighted by Crippen LogP contribution is -2.60. The summed E-state index contributed by atoms with van der Waals surface area (Å²) in [7, 11) is 0. The van der Waals surface area contributed by atoms with Crippen molar-refractivity contribution in [2.24, 2.45) is 0 Å². The van der Waals surface area contributed by atoms with Gasteiger partial charge in [-0.05, 0) is 30.5 Å². The summed E-state index contributed by atoms with van der Waals surface area (Å²) in [5, 5.41) is 12.3. The zero-order valence-electron chi connectivity index (χ0n) is 11.8. The molecule has 1 aliphatic heterocycles. The SMILES string of the molecule is CC1CN(c2ccc(C(C)C)cc2)C(CO)C(=O)N1. The lowest BCUT2D eigenvalue weighted by molar-refractivity contribution is -0.125. The minimum absolute atomic E-state index is 0.0973. The number of hydrogen-bond acceptors (Lipinski definition) is 3. The molecule has 19 heavy (non-hydrogen) atoms. The van der Waals surface area contributed by atoms with Crippen LogP contribution in [0.2, 0.25) is 0 Å². The summed E-state index contributed by atoms with van der Waals surface area (Å²) in [4.78, 5) is 13.9. The average Bonchev–Trinajstić information content (AvgIpc) is 2.38. The smallest absolute Gasteiger partial charge is 0.245 e. The van der Waals surface area contributed by atoms with Crippen molar-refractivity contribution in [2.45, 2.75) is 38.8 Å². The quantitative estimate of drug-likeness (QED) is 0.868. The van der Waals surface area contributed by atoms with Gasteiger partial charge in [0.25, 0.3) is 0 Å². The van der Waals surface area contributed by atoms with Gasteiger partial charge in [-0.2, -0.15) is 0 Å². The fourth-order valence-corrected chi connectivity index (χ4v) is 2.47. The Morgan fingerprint density at radius 2 is 2.00 bits per heavy atom. The Labute approximate surface area is 114 Å². The summed E-state index contributed by atoms with van der Waals surface area (Å²) in [5.74, 6) is 0.389. The standard InChI is InChI=1S/C15H22N2O2/c1-10(2)12-4-6-13(7-5-12)17-8-11(3)16-15(19)14(17)9-18/h4-7,10-11,14,18H,8-9H2,1-3H3,(H,16,19). The Morgan fingerprint density at radius 1 is 1.37 bits per heavy atom. The number of benzene rings is 1. The lowest BCUT2D eigenvalue weighted by atomic mass is 10.0. The molecule has 4 heteroatoms. The molecule has 104 valence electrons. The van der Waals surface area contributed by atoms with E-state index in [-0.39, 0.29) is 18.6 Å². The third-order valence-electron chi connectivity index (χ3n) is 3.60. The highest BCUT2D eigenvalue weighted by Gasteiger charge is 2.32. The van der Waals surface area contributed by atoms with Crippen LogP contribution in [-0.4, -0.2) is 36.2 Å². The van der Waals surface area contributed by atoms with Crippen molar-refractivity contribution >= 4 is 11.6 Å². The van der Waals surface area contributed by atoms with Crippen molar-refractivity contribution in [3.63, 3.8) is 0 Å². The van der Waals surface area contributed by atoms with E-state index in [1.807, 2.05) is 24.0 Å². The van der Waals surface area contributed by atoms with Gasteiger partial charge in [0.2, 0.25) is 5.91 Å². The van der Waals surface area contributed by atoms with E-state index in [1.165, 1.54) is 5.56 Å². The molecule has 4 nitrogen and oxygen atoms in total. The van der Waals surface area contributed by atoms with Crippen molar-refractivity contribution in [2.75, 3.05) is 18.1 Å². The fourth-order valence-electron chi connectivity index (χ4n) is 2.47. The van der Waals surface area contributed by atoms with Gasteiger partial charge in [0, 0.05) is 18.3 Å². The second kappa shape index (κ2) is 5.61. The Hall–Kier alpha value is -1.55. The van der Waals surface area contributed by atoms with E-state index >= 15 is 0 Å². The van der Waals surface area contributed by atoms with Crippen molar-refractivity contribution in [1.82, 2.24) is 5.32 Å². The minimum Gasteiger partial charge on any atom is -0.394 e. The summed E-state index contributed by atoms with van der Waals surface area (Å²) in [6.07, 6.45) is 0. The van der Waals surface area contributed by atoms with Crippen molar-refractivity contribution in [1.29, 1.82) is 0 Å². The number of aliphatic hydroxyl groups is 1. The van der Waals surface area contributed by atoms with Crippen molar-refractivity contribution < 1.29 is 9.90 Å². The summed E-state index contributed by atoms with van der Waals surface area (Å²) in [6, 6.07) is 7.85. The van der Waals surface area contributed by atoms with E-state index in [0.29, 0.717) is 5.92 Å². The molecule has 1 aromatic rings. The third kappa shape index (κ3) is 2.89. The van der Waals surface area contributed by atoms with E-state index in [0.717, 1.165) is 12.2 Å². The van der Waals surface area contributed by atoms with Gasteiger partial charge in [-0.15, -0.1) is 0 Å². The highest BCUT2D eigenvalue weighted by Crippen LogP contribution is 2.23. The molecule has 0 bridgehead atoms. The lowest BCUT2D eigenvalue weighted by Gasteiger charge is -2.39. The highest BCUT2D eigenvalue weighted by molar-refractivity contribution is 5.87. The van der Waals surface area contributed by atoms with Crippen LogP contribution in [0.5, 0.6) is 0 Å². The Morgan fingerprint density at radius 3 is 2.53 bits per heavy atom. The number of aliphatic hydroxyl groups excluding tert-OH is 1. The normalized spacial score (nSPS) is 23.6. The number of nitrogens with one attached hydrogen (secondary N) is 1. The molecular formula is C15H22N2O2. The Kier molecular flexibility index (Phi) is 4.10. The predicted molar refractivity (Wildman–Crippen MR) is 76.4 cm³/mol. The molecule has 2 N–H and O–H groups in total. The Bertz CT molecular complexity index is 442. The molecule has 0 spiro atoms. The van der Waals surface area contributed by atoms with Crippen LogP contribution >= 0.6 is 0 Å². The summed E-state index contributed by atoms with van der Waals surface area (Å²) < 4.78 is 0. The van der Waals surface area contributed by atoms with Gasteiger partial charge in [-0.1, -0.05) is 26.0 Å². The van der Waals surface area contributed by atoms with Crippen LogP contribution in [0.4, 0.5) is 5.69 Å².